The van der Waals surface area contributed by atoms with E-state index in [2.05, 4.69) is 4.74 Å². The number of ether oxygens (including phenoxy) is 1. The first-order valence-electron chi connectivity index (χ1n) is 6.03. The number of unbranched alkanes of at least 4 members (excludes halogenated alkanes) is 1. The second kappa shape index (κ2) is 6.64. The van der Waals surface area contributed by atoms with Crippen LogP contribution in [0.2, 0.25) is 0 Å². The average molecular weight is 261 g/mol. The Kier molecular flexibility index (Phi) is 5.47. The molecular weight excluding hydrogens is 243 g/mol. The third-order valence-corrected chi connectivity index (χ3v) is 2.59. The van der Waals surface area contributed by atoms with Crippen LogP contribution >= 0.6 is 0 Å². The Balaban J connectivity index is 2.80. The van der Waals surface area contributed by atoms with E-state index in [1.807, 2.05) is 13.0 Å². The van der Waals surface area contributed by atoms with Gasteiger partial charge in [-0.3, -0.25) is 0 Å². The summed E-state index contributed by atoms with van der Waals surface area (Å²) in [6, 6.07) is 4.79. The molecule has 1 rings (SSSR count). The van der Waals surface area contributed by atoms with Crippen molar-refractivity contribution in [2.45, 2.75) is 39.0 Å². The first-order valence-corrected chi connectivity index (χ1v) is 6.03. The Morgan fingerprint density at radius 3 is 2.33 bits per heavy atom. The summed E-state index contributed by atoms with van der Waals surface area (Å²) in [5.41, 5.74) is 7.10. The van der Waals surface area contributed by atoms with Crippen molar-refractivity contribution in [3.8, 4) is 5.75 Å². The smallest absolute Gasteiger partial charge is 0.406 e. The van der Waals surface area contributed by atoms with E-state index in [-0.39, 0.29) is 5.75 Å². The minimum atomic E-state index is -4.64. The van der Waals surface area contributed by atoms with E-state index in [1.165, 1.54) is 12.1 Å². The molecule has 0 fully saturated rings. The van der Waals surface area contributed by atoms with Gasteiger partial charge in [0.1, 0.15) is 5.75 Å². The van der Waals surface area contributed by atoms with Gasteiger partial charge in [-0.2, -0.15) is 0 Å². The predicted molar refractivity (Wildman–Crippen MR) is 64.5 cm³/mol. The molecule has 0 saturated carbocycles. The van der Waals surface area contributed by atoms with Crippen molar-refractivity contribution in [3.05, 3.63) is 29.3 Å². The number of alkyl halides is 3. The first-order chi connectivity index (χ1) is 8.44. The van der Waals surface area contributed by atoms with E-state index in [9.17, 15) is 13.2 Å². The van der Waals surface area contributed by atoms with Crippen molar-refractivity contribution in [1.82, 2.24) is 0 Å². The Morgan fingerprint density at radius 2 is 1.78 bits per heavy atom. The Hall–Kier alpha value is -1.23. The lowest BCUT2D eigenvalue weighted by molar-refractivity contribution is -0.274. The van der Waals surface area contributed by atoms with E-state index in [0.29, 0.717) is 13.0 Å². The number of benzene rings is 1. The van der Waals surface area contributed by atoms with E-state index in [0.717, 1.165) is 30.4 Å². The van der Waals surface area contributed by atoms with Gasteiger partial charge in [0.15, 0.2) is 0 Å². The van der Waals surface area contributed by atoms with Crippen LogP contribution in [-0.4, -0.2) is 12.9 Å². The maximum Gasteiger partial charge on any atom is 0.573 e. The third-order valence-electron chi connectivity index (χ3n) is 2.59. The molecule has 0 aliphatic heterocycles. The monoisotopic (exact) mass is 261 g/mol. The summed E-state index contributed by atoms with van der Waals surface area (Å²) in [6.07, 6.45) is -1.50. The minimum Gasteiger partial charge on any atom is -0.406 e. The molecule has 0 aliphatic carbocycles. The zero-order chi connectivity index (χ0) is 13.6. The fourth-order valence-electron chi connectivity index (χ4n) is 1.74. The number of hydrogen-bond acceptors (Lipinski definition) is 2. The summed E-state index contributed by atoms with van der Waals surface area (Å²) >= 11 is 0. The van der Waals surface area contributed by atoms with Crippen LogP contribution in [-0.2, 0) is 12.8 Å². The molecule has 0 saturated heterocycles. The summed E-state index contributed by atoms with van der Waals surface area (Å²) in [5.74, 6) is -0.135. The molecule has 0 atom stereocenters. The normalized spacial score (nSPS) is 11.6. The van der Waals surface area contributed by atoms with Crippen LogP contribution in [0.15, 0.2) is 18.2 Å². The lowest BCUT2D eigenvalue weighted by atomic mass is 10.0. The van der Waals surface area contributed by atoms with Crippen molar-refractivity contribution in [3.63, 3.8) is 0 Å². The molecule has 1 aromatic carbocycles. The highest BCUT2D eigenvalue weighted by molar-refractivity contribution is 5.34. The molecule has 0 amide bonds. The highest BCUT2D eigenvalue weighted by Gasteiger charge is 2.31. The van der Waals surface area contributed by atoms with Crippen molar-refractivity contribution in [1.29, 1.82) is 0 Å². The molecule has 0 aromatic heterocycles. The van der Waals surface area contributed by atoms with Gasteiger partial charge in [0, 0.05) is 0 Å². The number of nitrogens with two attached hydrogens (primary N) is 1. The zero-order valence-corrected chi connectivity index (χ0v) is 10.4. The lowest BCUT2D eigenvalue weighted by Gasteiger charge is -2.12. The predicted octanol–water partition coefficient (Wildman–Crippen LogP) is 3.43. The van der Waals surface area contributed by atoms with Gasteiger partial charge in [-0.05, 0) is 55.5 Å². The summed E-state index contributed by atoms with van der Waals surface area (Å²) in [7, 11) is 0. The molecule has 2 N–H and O–H groups in total. The minimum absolute atomic E-state index is 0.135. The average Bonchev–Trinajstić information content (AvgIpc) is 2.26. The third kappa shape index (κ3) is 5.40. The van der Waals surface area contributed by atoms with Crippen LogP contribution in [0.3, 0.4) is 0 Å². The van der Waals surface area contributed by atoms with E-state index >= 15 is 0 Å². The number of rotatable bonds is 6. The number of halogens is 3. The molecule has 0 radical (unpaired) electrons. The van der Waals surface area contributed by atoms with Gasteiger partial charge >= 0.3 is 6.36 Å². The SMILES string of the molecule is CCc1cc(CCCCN)cc(OC(F)(F)F)c1. The first kappa shape index (κ1) is 14.8. The van der Waals surface area contributed by atoms with Gasteiger partial charge in [0.2, 0.25) is 0 Å². The summed E-state index contributed by atoms with van der Waals surface area (Å²) < 4.78 is 40.5. The highest BCUT2D eigenvalue weighted by atomic mass is 19.4. The van der Waals surface area contributed by atoms with Crippen LogP contribution in [0.25, 0.3) is 0 Å². The highest BCUT2D eigenvalue weighted by Crippen LogP contribution is 2.26. The van der Waals surface area contributed by atoms with Gasteiger partial charge in [0.05, 0.1) is 0 Å². The van der Waals surface area contributed by atoms with E-state index in [1.54, 1.807) is 0 Å². The molecule has 1 aromatic rings. The van der Waals surface area contributed by atoms with Gasteiger partial charge in [-0.1, -0.05) is 13.0 Å². The van der Waals surface area contributed by atoms with Crippen molar-refractivity contribution >= 4 is 0 Å². The fraction of sp³-hybridized carbons (Fsp3) is 0.538. The standard InChI is InChI=1S/C13H18F3NO/c1-2-10-7-11(5-3-4-6-17)9-12(8-10)18-13(14,15)16/h7-9H,2-6,17H2,1H3. The molecule has 0 heterocycles. The van der Waals surface area contributed by atoms with Crippen molar-refractivity contribution in [2.75, 3.05) is 6.54 Å². The summed E-state index contributed by atoms with van der Waals surface area (Å²) in [5, 5.41) is 0. The molecule has 0 unspecified atom stereocenters. The van der Waals surface area contributed by atoms with E-state index in [4.69, 9.17) is 5.73 Å². The quantitative estimate of drug-likeness (QED) is 0.796. The summed E-state index contributed by atoms with van der Waals surface area (Å²) in [6.45, 7) is 2.50. The van der Waals surface area contributed by atoms with Crippen molar-refractivity contribution < 1.29 is 17.9 Å². The van der Waals surface area contributed by atoms with Crippen LogP contribution in [0.1, 0.15) is 30.9 Å². The molecule has 102 valence electrons. The van der Waals surface area contributed by atoms with Crippen molar-refractivity contribution in [2.24, 2.45) is 5.73 Å². The Bertz CT molecular complexity index is 377. The van der Waals surface area contributed by atoms with Gasteiger partial charge in [-0.25, -0.2) is 0 Å². The second-order valence-electron chi connectivity index (χ2n) is 4.13. The van der Waals surface area contributed by atoms with Gasteiger partial charge in [0.25, 0.3) is 0 Å². The lowest BCUT2D eigenvalue weighted by Crippen LogP contribution is -2.17. The maximum atomic E-state index is 12.2. The molecule has 0 spiro atoms. The zero-order valence-electron chi connectivity index (χ0n) is 10.4. The molecular formula is C13H18F3NO. The van der Waals surface area contributed by atoms with Crippen LogP contribution in [0.5, 0.6) is 5.75 Å². The fourth-order valence-corrected chi connectivity index (χ4v) is 1.74. The van der Waals surface area contributed by atoms with Crippen LogP contribution < -0.4 is 10.5 Å². The van der Waals surface area contributed by atoms with Crippen LogP contribution in [0.4, 0.5) is 13.2 Å². The van der Waals surface area contributed by atoms with Gasteiger partial charge < -0.3 is 10.5 Å². The molecule has 5 heteroatoms. The molecule has 0 aliphatic rings. The Labute approximate surface area is 105 Å². The van der Waals surface area contributed by atoms with Gasteiger partial charge in [-0.15, -0.1) is 13.2 Å². The number of aryl methyl sites for hydroxylation is 2. The second-order valence-corrected chi connectivity index (χ2v) is 4.13. The topological polar surface area (TPSA) is 35.2 Å². The molecule has 18 heavy (non-hydrogen) atoms. The molecule has 0 bridgehead atoms. The molecule has 2 nitrogen and oxygen atoms in total. The largest absolute Gasteiger partial charge is 0.573 e. The van der Waals surface area contributed by atoms with Crippen LogP contribution in [0, 0.1) is 0 Å². The number of hydrogen-bond donors (Lipinski definition) is 1. The summed E-state index contributed by atoms with van der Waals surface area (Å²) in [4.78, 5) is 0. The maximum absolute atomic E-state index is 12.2. The van der Waals surface area contributed by atoms with E-state index < -0.39 is 6.36 Å². The Morgan fingerprint density at radius 1 is 1.11 bits per heavy atom.